The second kappa shape index (κ2) is 12.2. The van der Waals surface area contributed by atoms with Crippen LogP contribution in [0, 0.1) is 17.8 Å². The van der Waals surface area contributed by atoms with E-state index in [1.807, 2.05) is 44.1 Å². The number of amides is 1. The van der Waals surface area contributed by atoms with Crippen molar-refractivity contribution in [3.05, 3.63) is 58.1 Å². The van der Waals surface area contributed by atoms with Crippen LogP contribution in [0.25, 0.3) is 0 Å². The van der Waals surface area contributed by atoms with Crippen molar-refractivity contribution >= 4 is 39.1 Å². The van der Waals surface area contributed by atoms with Gasteiger partial charge < -0.3 is 19.4 Å². The lowest BCUT2D eigenvalue weighted by Gasteiger charge is -2.49. The second-order valence-electron chi connectivity index (χ2n) is 15.0. The molecule has 47 heavy (non-hydrogen) atoms. The molecule has 2 spiro atoms. The molecular weight excluding hydrogens is 636 g/mol. The monoisotopic (exact) mass is 682 g/mol. The number of benzene rings is 2. The number of aryl methyl sites for hydroxylation is 1. The fourth-order valence-corrected chi connectivity index (χ4v) is 10.3. The van der Waals surface area contributed by atoms with Gasteiger partial charge in [-0.2, -0.15) is 0 Å². The minimum atomic E-state index is -3.91. The van der Waals surface area contributed by atoms with Crippen molar-refractivity contribution in [2.45, 2.75) is 87.9 Å². The maximum atomic E-state index is 13.5. The largest absolute Gasteiger partial charge is 0.490 e. The molecule has 7 rings (SSSR count). The van der Waals surface area contributed by atoms with Gasteiger partial charge in [0.15, 0.2) is 0 Å². The number of halogens is 1. The number of anilines is 1. The van der Waals surface area contributed by atoms with Crippen molar-refractivity contribution in [3.63, 3.8) is 0 Å². The standard InChI is InChI=1S/C36H47ClN4O5S/c1-23-7-5-16-36(19-33(38-46-36)40(3)4)30-12-9-27(30)20-41-21-35(15-6-8-25-17-28(37)11-13-29(25)35)22-45-32-14-10-26(18-31(32)41)34(42)39-47(43,44)24(23)2/h10-11,13-14,17-18,23-24,27,30H,5-9,12,15-16,19-22H2,1-4H3,(H,39,42)/t23-,24+,27-,30+,35-,36-/m0/s1. The van der Waals surface area contributed by atoms with Gasteiger partial charge in [-0.25, -0.2) is 13.1 Å². The molecule has 3 aliphatic heterocycles. The molecular formula is C36H47ClN4O5S. The molecule has 0 aromatic heterocycles. The Morgan fingerprint density at radius 3 is 2.64 bits per heavy atom. The lowest BCUT2D eigenvalue weighted by Crippen LogP contribution is -2.53. The highest BCUT2D eigenvalue weighted by Crippen LogP contribution is 2.52. The molecule has 2 bridgehead atoms. The Morgan fingerprint density at radius 1 is 1.06 bits per heavy atom. The Balaban J connectivity index is 1.31. The first-order valence-corrected chi connectivity index (χ1v) is 19.1. The number of carbonyl (C=O) groups excluding carboxylic acids is 1. The summed E-state index contributed by atoms with van der Waals surface area (Å²) in [5.41, 5.74) is 3.02. The molecule has 9 nitrogen and oxygen atoms in total. The quantitative estimate of drug-likeness (QED) is 0.356. The van der Waals surface area contributed by atoms with Crippen LogP contribution >= 0.6 is 11.6 Å². The summed E-state index contributed by atoms with van der Waals surface area (Å²) in [6, 6.07) is 11.6. The Hall–Kier alpha value is -2.98. The fourth-order valence-electron chi connectivity index (χ4n) is 8.80. The number of oxime groups is 1. The number of carbonyl (C=O) groups is 1. The number of nitrogens with one attached hydrogen (secondary N) is 1. The highest BCUT2D eigenvalue weighted by atomic mass is 35.5. The predicted octanol–water partition coefficient (Wildman–Crippen LogP) is 6.14. The van der Waals surface area contributed by atoms with Crippen LogP contribution in [0.1, 0.15) is 86.7 Å². The van der Waals surface area contributed by atoms with Crippen LogP contribution in [-0.2, 0) is 26.7 Å². The number of fused-ring (bicyclic) bond motifs is 5. The number of hydrogen-bond acceptors (Lipinski definition) is 8. The lowest BCUT2D eigenvalue weighted by molar-refractivity contribution is -0.118. The summed E-state index contributed by atoms with van der Waals surface area (Å²) in [4.78, 5) is 24.5. The van der Waals surface area contributed by atoms with Crippen molar-refractivity contribution < 1.29 is 22.8 Å². The minimum absolute atomic E-state index is 0.140. The van der Waals surface area contributed by atoms with E-state index in [4.69, 9.17) is 21.2 Å². The van der Waals surface area contributed by atoms with Crippen LogP contribution in [-0.4, -0.2) is 69.7 Å². The average molecular weight is 683 g/mol. The lowest BCUT2D eigenvalue weighted by atomic mass is 9.62. The van der Waals surface area contributed by atoms with Gasteiger partial charge in [-0.15, -0.1) is 0 Å². The zero-order valence-corrected chi connectivity index (χ0v) is 29.5. The predicted molar refractivity (Wildman–Crippen MR) is 185 cm³/mol. The number of amidine groups is 1. The van der Waals surface area contributed by atoms with Crippen LogP contribution in [0.15, 0.2) is 41.6 Å². The third kappa shape index (κ3) is 5.87. The van der Waals surface area contributed by atoms with E-state index in [2.05, 4.69) is 26.9 Å². The van der Waals surface area contributed by atoms with E-state index >= 15 is 0 Å². The summed E-state index contributed by atoms with van der Waals surface area (Å²) in [5.74, 6) is 1.59. The summed E-state index contributed by atoms with van der Waals surface area (Å²) < 4.78 is 35.9. The Bertz CT molecular complexity index is 1700. The number of nitrogens with zero attached hydrogens (tertiary/aromatic N) is 3. The number of sulfonamides is 1. The molecule has 3 heterocycles. The zero-order valence-electron chi connectivity index (χ0n) is 27.9. The first kappa shape index (κ1) is 32.6. The van der Waals surface area contributed by atoms with Crippen LogP contribution in [0.2, 0.25) is 5.02 Å². The molecule has 5 aliphatic rings. The molecule has 0 saturated heterocycles. The summed E-state index contributed by atoms with van der Waals surface area (Å²) in [7, 11) is 0.116. The van der Waals surface area contributed by atoms with Crippen molar-refractivity contribution in [1.29, 1.82) is 0 Å². The van der Waals surface area contributed by atoms with Gasteiger partial charge in [-0.3, -0.25) is 4.79 Å². The van der Waals surface area contributed by atoms with E-state index in [9.17, 15) is 13.2 Å². The number of hydrogen-bond donors (Lipinski definition) is 1. The Kier molecular flexibility index (Phi) is 8.43. The van der Waals surface area contributed by atoms with E-state index < -0.39 is 26.8 Å². The summed E-state index contributed by atoms with van der Waals surface area (Å²) in [6.07, 6.45) is 8.24. The van der Waals surface area contributed by atoms with Crippen LogP contribution < -0.4 is 14.4 Å². The van der Waals surface area contributed by atoms with E-state index in [0.29, 0.717) is 36.2 Å². The van der Waals surface area contributed by atoms with Gasteiger partial charge in [0, 0.05) is 49.1 Å². The van der Waals surface area contributed by atoms with Crippen LogP contribution in [0.4, 0.5) is 5.69 Å². The van der Waals surface area contributed by atoms with Gasteiger partial charge in [0.05, 0.1) is 24.0 Å². The van der Waals surface area contributed by atoms with Gasteiger partial charge in [0.2, 0.25) is 10.0 Å². The SMILES string of the molecule is C[C@@H]1[C@@H](C)CCC[C@]2(CC(N(C)C)=NO2)[C@@H]2CC[C@H]2CN2C[C@@]3(CCCc4cc(Cl)ccc43)COc3ccc(cc32)C(=O)NS1(=O)=O. The van der Waals surface area contributed by atoms with Gasteiger partial charge in [0.25, 0.3) is 5.91 Å². The third-order valence-corrected chi connectivity index (χ3v) is 14.1. The average Bonchev–Trinajstić information content (AvgIpc) is 3.38. The van der Waals surface area contributed by atoms with Crippen LogP contribution in [0.5, 0.6) is 5.75 Å². The maximum Gasteiger partial charge on any atom is 0.264 e. The van der Waals surface area contributed by atoms with E-state index in [0.717, 1.165) is 81.0 Å². The number of rotatable bonds is 0. The van der Waals surface area contributed by atoms with Crippen molar-refractivity contribution in [3.8, 4) is 5.75 Å². The Morgan fingerprint density at radius 2 is 1.89 bits per heavy atom. The normalized spacial score (nSPS) is 33.3. The van der Waals surface area contributed by atoms with Gasteiger partial charge in [-0.1, -0.05) is 29.7 Å². The van der Waals surface area contributed by atoms with Gasteiger partial charge in [-0.05, 0) is 112 Å². The van der Waals surface area contributed by atoms with Gasteiger partial charge >= 0.3 is 0 Å². The zero-order chi connectivity index (χ0) is 33.1. The highest BCUT2D eigenvalue weighted by Gasteiger charge is 2.54. The van der Waals surface area contributed by atoms with E-state index in [-0.39, 0.29) is 11.3 Å². The minimum Gasteiger partial charge on any atom is -0.490 e. The molecule has 0 radical (unpaired) electrons. The smallest absolute Gasteiger partial charge is 0.264 e. The molecule has 1 saturated carbocycles. The van der Waals surface area contributed by atoms with Gasteiger partial charge in [0.1, 0.15) is 17.2 Å². The molecule has 11 heteroatoms. The fraction of sp³-hybridized carbons (Fsp3) is 0.611. The molecule has 6 atom stereocenters. The van der Waals surface area contributed by atoms with Crippen molar-refractivity contribution in [2.75, 3.05) is 38.7 Å². The maximum absolute atomic E-state index is 13.5. The molecule has 254 valence electrons. The second-order valence-corrected chi connectivity index (χ2v) is 17.5. The summed E-state index contributed by atoms with van der Waals surface area (Å²) >= 11 is 6.46. The third-order valence-electron chi connectivity index (χ3n) is 11.9. The molecule has 1 fully saturated rings. The van der Waals surface area contributed by atoms with E-state index in [1.54, 1.807) is 13.0 Å². The number of ether oxygens (including phenoxy) is 1. The van der Waals surface area contributed by atoms with Crippen LogP contribution in [0.3, 0.4) is 0 Å². The summed E-state index contributed by atoms with van der Waals surface area (Å²) in [6.45, 7) is 5.68. The van der Waals surface area contributed by atoms with Crippen molar-refractivity contribution in [2.24, 2.45) is 22.9 Å². The molecule has 2 aromatic rings. The summed E-state index contributed by atoms with van der Waals surface area (Å²) in [5, 5.41) is 4.60. The molecule has 1 amide bonds. The Labute approximate surface area is 284 Å². The molecule has 1 N–H and O–H groups in total. The molecule has 2 aromatic carbocycles. The first-order chi connectivity index (χ1) is 22.4. The first-order valence-electron chi connectivity index (χ1n) is 17.2. The molecule has 0 unspecified atom stereocenters. The van der Waals surface area contributed by atoms with E-state index in [1.165, 1.54) is 11.1 Å². The molecule has 2 aliphatic carbocycles. The van der Waals surface area contributed by atoms with Crippen molar-refractivity contribution in [1.82, 2.24) is 9.62 Å². The highest BCUT2D eigenvalue weighted by molar-refractivity contribution is 7.90. The topological polar surface area (TPSA) is 101 Å².